The summed E-state index contributed by atoms with van der Waals surface area (Å²) in [6, 6.07) is 1.20. The number of benzene rings is 1. The molecule has 0 radical (unpaired) electrons. The summed E-state index contributed by atoms with van der Waals surface area (Å²) in [6.45, 7) is 0.121. The molecule has 2 N–H and O–H groups in total. The van der Waals surface area contributed by atoms with Crippen molar-refractivity contribution in [1.29, 1.82) is 0 Å². The van der Waals surface area contributed by atoms with E-state index in [0.717, 1.165) is 0 Å². The first-order valence-electron chi connectivity index (χ1n) is 8.68. The van der Waals surface area contributed by atoms with Crippen molar-refractivity contribution in [2.45, 2.75) is 42.7 Å². The van der Waals surface area contributed by atoms with Crippen LogP contribution in [0.2, 0.25) is 10.0 Å². The maximum atomic E-state index is 13.3. The molecule has 0 aliphatic carbocycles. The van der Waals surface area contributed by atoms with E-state index in [0.29, 0.717) is 6.42 Å². The van der Waals surface area contributed by atoms with Gasteiger partial charge in [-0.25, -0.2) is 3.89 Å². The number of likely N-dealkylation sites (N-methyl/N-ethyl adjacent to an activating group) is 1. The number of sulfonamides is 1. The van der Waals surface area contributed by atoms with Crippen molar-refractivity contribution in [3.63, 3.8) is 0 Å². The van der Waals surface area contributed by atoms with Crippen LogP contribution in [0, 0.1) is 0 Å². The Balaban J connectivity index is 2.31. The lowest BCUT2D eigenvalue weighted by molar-refractivity contribution is -0.788. The Hall–Kier alpha value is -1.88. The summed E-state index contributed by atoms with van der Waals surface area (Å²) in [7, 11) is -2.74. The number of quaternary nitrogens is 1. The Bertz CT molecular complexity index is 917. The summed E-state index contributed by atoms with van der Waals surface area (Å²) in [5, 5.41) is 22.4. The monoisotopic (exact) mass is 466 g/mol. The Morgan fingerprint density at radius 2 is 1.86 bits per heavy atom. The number of halogens is 2. The van der Waals surface area contributed by atoms with Crippen LogP contribution < -0.4 is 10.4 Å². The van der Waals surface area contributed by atoms with Crippen LogP contribution in [0.25, 0.3) is 0 Å². The Morgan fingerprint density at radius 1 is 1.28 bits per heavy atom. The third-order valence-electron chi connectivity index (χ3n) is 4.97. The number of carboxylic acids is 2. The predicted molar refractivity (Wildman–Crippen MR) is 102 cm³/mol. The number of aliphatic carboxylic acids is 2. The molecule has 1 aliphatic heterocycles. The molecule has 12 heteroatoms. The number of carboxylic acid groups (broad SMARTS) is 2. The number of rotatable bonds is 8. The molecule has 1 amide bonds. The Morgan fingerprint density at radius 3 is 2.38 bits per heavy atom. The van der Waals surface area contributed by atoms with E-state index in [4.69, 9.17) is 28.3 Å². The number of carbonyl (C=O) groups excluding carboxylic acids is 2. The van der Waals surface area contributed by atoms with Gasteiger partial charge < -0.3 is 20.3 Å². The lowest BCUT2D eigenvalue weighted by atomic mass is 10.1. The quantitative estimate of drug-likeness (QED) is 0.527. The maximum absolute atomic E-state index is 13.3. The van der Waals surface area contributed by atoms with Crippen LogP contribution in [-0.2, 0) is 24.4 Å². The molecular weight excluding hydrogens is 447 g/mol. The van der Waals surface area contributed by atoms with E-state index in [-0.39, 0.29) is 34.3 Å². The fraction of sp³-hybridized carbons (Fsp3) is 0.471. The van der Waals surface area contributed by atoms with Crippen molar-refractivity contribution in [3.8, 4) is 0 Å². The first kappa shape index (κ1) is 23.4. The van der Waals surface area contributed by atoms with Gasteiger partial charge in [0.2, 0.25) is 0 Å². The molecule has 0 saturated carbocycles. The molecule has 9 nitrogen and oxygen atoms in total. The topological polar surface area (TPSA) is 141 Å². The highest BCUT2D eigenvalue weighted by Gasteiger charge is 2.53. The summed E-state index contributed by atoms with van der Waals surface area (Å²) in [5.74, 6) is -3.68. The molecule has 1 fully saturated rings. The van der Waals surface area contributed by atoms with Crippen LogP contribution in [0.15, 0.2) is 23.1 Å². The van der Waals surface area contributed by atoms with Gasteiger partial charge in [0, 0.05) is 29.3 Å². The van der Waals surface area contributed by atoms with Crippen LogP contribution >= 0.6 is 23.2 Å². The fourth-order valence-corrected chi connectivity index (χ4v) is 5.99. The van der Waals surface area contributed by atoms with Crippen LogP contribution in [0.5, 0.6) is 0 Å². The summed E-state index contributed by atoms with van der Waals surface area (Å²) >= 11 is 11.8. The van der Waals surface area contributed by atoms with E-state index < -0.39 is 50.3 Å². The van der Waals surface area contributed by atoms with E-state index >= 15 is 0 Å². The molecule has 0 aromatic heterocycles. The van der Waals surface area contributed by atoms with Crippen LogP contribution in [0.3, 0.4) is 0 Å². The minimum Gasteiger partial charge on any atom is -0.548 e. The molecule has 3 atom stereocenters. The van der Waals surface area contributed by atoms with Crippen molar-refractivity contribution in [1.82, 2.24) is 5.32 Å². The van der Waals surface area contributed by atoms with Crippen molar-refractivity contribution in [2.24, 2.45) is 0 Å². The number of hydrogen-bond acceptors (Lipinski definition) is 6. The second kappa shape index (κ2) is 8.86. The molecule has 29 heavy (non-hydrogen) atoms. The molecule has 160 valence electrons. The summed E-state index contributed by atoms with van der Waals surface area (Å²) in [4.78, 5) is 34.5. The average molecular weight is 467 g/mol. The molecule has 0 bridgehead atoms. The standard InChI is InChI=1S/C17H20Cl2N2O7S/c1-21(29(27,28)12-8-10(18)7-11(19)9-12)6-2-3-14(21)16(24)20-13(17(25)26)4-5-15(22)23/h7-9,13-14H,2-6H2,1H3,(H2-,20,22,23,24,25,26)/t13-,14-,21?/m0/s1. The smallest absolute Gasteiger partial charge is 0.327 e. The van der Waals surface area contributed by atoms with Gasteiger partial charge in [0.15, 0.2) is 6.04 Å². The second-order valence-corrected chi connectivity index (χ2v) is 10.1. The van der Waals surface area contributed by atoms with Crippen LogP contribution in [0.1, 0.15) is 25.7 Å². The van der Waals surface area contributed by atoms with E-state index in [9.17, 15) is 27.9 Å². The van der Waals surface area contributed by atoms with E-state index in [1.54, 1.807) is 0 Å². The third-order valence-corrected chi connectivity index (χ3v) is 7.78. The van der Waals surface area contributed by atoms with Crippen LogP contribution in [-0.4, -0.2) is 60.9 Å². The lowest BCUT2D eigenvalue weighted by Crippen LogP contribution is -2.60. The first-order chi connectivity index (χ1) is 13.4. The number of carbonyl (C=O) groups is 3. The Labute approximate surface area is 177 Å². The van der Waals surface area contributed by atoms with Crippen molar-refractivity contribution in [2.75, 3.05) is 13.6 Å². The minimum atomic E-state index is -4.11. The SMILES string of the molecule is C[N+]1(S(=O)(=O)c2cc(Cl)cc(Cl)c2)CCC[C@H]1C(=O)N[C@@H](CCC(=O)O)C(=O)[O-]. The zero-order valence-electron chi connectivity index (χ0n) is 15.4. The van der Waals surface area contributed by atoms with Gasteiger partial charge in [0.05, 0.1) is 25.6 Å². The molecular formula is C17H20Cl2N2O7S. The third kappa shape index (κ3) is 5.00. The number of nitrogens with one attached hydrogen (secondary N) is 1. The Kier molecular flexibility index (Phi) is 7.15. The second-order valence-electron chi connectivity index (χ2n) is 6.95. The molecule has 1 aromatic rings. The lowest BCUT2D eigenvalue weighted by Gasteiger charge is -2.34. The van der Waals surface area contributed by atoms with E-state index in [1.807, 2.05) is 0 Å². The van der Waals surface area contributed by atoms with Gasteiger partial charge in [-0.15, -0.1) is 0 Å². The van der Waals surface area contributed by atoms with Crippen LogP contribution in [0.4, 0.5) is 0 Å². The molecule has 1 aromatic carbocycles. The number of likely N-dealkylation sites (tertiary alicyclic amines) is 1. The summed E-state index contributed by atoms with van der Waals surface area (Å²) < 4.78 is 25.9. The number of hydrogen-bond donors (Lipinski definition) is 2. The summed E-state index contributed by atoms with van der Waals surface area (Å²) in [6.07, 6.45) is -0.257. The van der Waals surface area contributed by atoms with E-state index in [1.165, 1.54) is 25.2 Å². The number of amides is 1. The minimum absolute atomic E-state index is 0.119. The van der Waals surface area contributed by atoms with Gasteiger partial charge in [0.25, 0.3) is 5.91 Å². The normalized spacial score (nSPS) is 22.8. The zero-order chi connectivity index (χ0) is 22.0. The van der Waals surface area contributed by atoms with E-state index in [2.05, 4.69) is 5.32 Å². The van der Waals surface area contributed by atoms with Crippen molar-refractivity contribution < 1.29 is 36.9 Å². The van der Waals surface area contributed by atoms with Gasteiger partial charge in [-0.3, -0.25) is 9.59 Å². The van der Waals surface area contributed by atoms with Gasteiger partial charge >= 0.3 is 16.0 Å². The fourth-order valence-electron chi connectivity index (χ4n) is 3.40. The highest BCUT2D eigenvalue weighted by molar-refractivity contribution is 7.86. The first-order valence-corrected chi connectivity index (χ1v) is 10.9. The molecule has 1 saturated heterocycles. The van der Waals surface area contributed by atoms with Gasteiger partial charge in [-0.1, -0.05) is 23.2 Å². The maximum Gasteiger partial charge on any atom is 0.327 e. The molecule has 1 aliphatic rings. The summed E-state index contributed by atoms with van der Waals surface area (Å²) in [5.41, 5.74) is 0. The number of nitrogens with zero attached hydrogens (tertiary/aromatic N) is 1. The van der Waals surface area contributed by atoms with Gasteiger partial charge in [-0.2, -0.15) is 8.42 Å². The zero-order valence-corrected chi connectivity index (χ0v) is 17.8. The highest BCUT2D eigenvalue weighted by atomic mass is 35.5. The van der Waals surface area contributed by atoms with Crippen molar-refractivity contribution >= 4 is 51.1 Å². The average Bonchev–Trinajstić information content (AvgIpc) is 3.00. The highest BCUT2D eigenvalue weighted by Crippen LogP contribution is 2.35. The molecule has 2 rings (SSSR count). The largest absolute Gasteiger partial charge is 0.548 e. The van der Waals surface area contributed by atoms with Gasteiger partial charge in [-0.05, 0) is 24.6 Å². The molecule has 1 heterocycles. The molecule has 0 spiro atoms. The van der Waals surface area contributed by atoms with Gasteiger partial charge in [0.1, 0.15) is 4.90 Å². The predicted octanol–water partition coefficient (Wildman–Crippen LogP) is 0.391. The molecule has 1 unspecified atom stereocenters. The van der Waals surface area contributed by atoms with Crippen molar-refractivity contribution in [3.05, 3.63) is 28.2 Å².